The van der Waals surface area contributed by atoms with Gasteiger partial charge in [-0.1, -0.05) is 12.1 Å². The number of hydrogen-bond donors (Lipinski definition) is 0. The minimum absolute atomic E-state index is 0.00581. The van der Waals surface area contributed by atoms with Crippen LogP contribution in [0.5, 0.6) is 0 Å². The number of benzodiazepines with no additional fused rings is 1. The van der Waals surface area contributed by atoms with Gasteiger partial charge in [-0.2, -0.15) is 0 Å². The molecule has 2 aromatic rings. The van der Waals surface area contributed by atoms with Crippen LogP contribution in [0.1, 0.15) is 15.2 Å². The van der Waals surface area contributed by atoms with Gasteiger partial charge in [0, 0.05) is 34.3 Å². The number of rotatable bonds is 2. The van der Waals surface area contributed by atoms with Crippen molar-refractivity contribution < 1.29 is 18.2 Å². The summed E-state index contributed by atoms with van der Waals surface area (Å²) >= 11 is 0. The first-order chi connectivity index (χ1) is 12.2. The summed E-state index contributed by atoms with van der Waals surface area (Å²) in [6, 6.07) is 8.96. The van der Waals surface area contributed by atoms with E-state index in [0.29, 0.717) is 4.90 Å². The molecule has 0 N–H and O–H groups in total. The summed E-state index contributed by atoms with van der Waals surface area (Å²) in [5.74, 6) is -1.45. The molecule has 0 unspecified atom stereocenters. The summed E-state index contributed by atoms with van der Waals surface area (Å²) in [5.41, 5.74) is -0.393. The Morgan fingerprint density at radius 1 is 1.30 bits per heavy atom. The molecule has 0 radical (unpaired) electrons. The Labute approximate surface area is 135 Å². The predicted molar refractivity (Wildman–Crippen MR) is 83.4 cm³/mol. The number of benzene rings is 2. The van der Waals surface area contributed by atoms with Crippen molar-refractivity contribution in [3.05, 3.63) is 69.5 Å². The van der Waals surface area contributed by atoms with E-state index in [9.17, 15) is 19.3 Å². The molecule has 0 saturated carbocycles. The lowest BCUT2D eigenvalue weighted by Gasteiger charge is -2.17. The average molecular weight is 319 g/mol. The number of halogens is 1. The Morgan fingerprint density at radius 3 is 2.78 bits per heavy atom. The minimum atomic E-state index is -2.82. The van der Waals surface area contributed by atoms with Crippen molar-refractivity contribution in [3.63, 3.8) is 0 Å². The van der Waals surface area contributed by atoms with E-state index in [-0.39, 0.29) is 28.2 Å². The van der Waals surface area contributed by atoms with Crippen LogP contribution in [-0.4, -0.2) is 30.1 Å². The molecular formula is C16H12FN3O3. The van der Waals surface area contributed by atoms with Crippen LogP contribution >= 0.6 is 0 Å². The van der Waals surface area contributed by atoms with Crippen LogP contribution < -0.4 is 4.90 Å². The van der Waals surface area contributed by atoms with Crippen LogP contribution in [-0.2, 0) is 4.79 Å². The monoisotopic (exact) mass is 319 g/mol. The van der Waals surface area contributed by atoms with E-state index in [1.807, 2.05) is 0 Å². The SMILES string of the molecule is [3H]C([3H])([3H])N1C(=O)CN=C(c2ccccc2F)c2cc([N+](=O)[O-])ccc21. The second kappa shape index (κ2) is 5.60. The summed E-state index contributed by atoms with van der Waals surface area (Å²) in [7, 11) is 0. The van der Waals surface area contributed by atoms with Crippen molar-refractivity contribution in [2.24, 2.45) is 4.99 Å². The summed E-state index contributed by atoms with van der Waals surface area (Å²) in [4.78, 5) is 27.4. The molecule has 7 heteroatoms. The van der Waals surface area contributed by atoms with Gasteiger partial charge in [-0.25, -0.2) is 4.39 Å². The Morgan fingerprint density at radius 2 is 2.09 bits per heavy atom. The number of nitrogens with zero attached hydrogens (tertiary/aromatic N) is 3. The van der Waals surface area contributed by atoms with E-state index in [4.69, 9.17) is 4.11 Å². The highest BCUT2D eigenvalue weighted by Crippen LogP contribution is 2.30. The van der Waals surface area contributed by atoms with Gasteiger partial charge in [0.15, 0.2) is 0 Å². The highest BCUT2D eigenvalue weighted by molar-refractivity contribution is 6.19. The quantitative estimate of drug-likeness (QED) is 0.630. The zero-order chi connectivity index (χ0) is 19.1. The normalized spacial score (nSPS) is 16.6. The molecule has 0 fully saturated rings. The predicted octanol–water partition coefficient (Wildman–Crippen LogP) is 2.55. The fraction of sp³-hybridized carbons (Fsp3) is 0.125. The zero-order valence-corrected chi connectivity index (χ0v) is 11.7. The molecule has 0 aliphatic carbocycles. The number of nitro benzene ring substituents is 1. The molecule has 2 aromatic carbocycles. The van der Waals surface area contributed by atoms with Crippen molar-refractivity contribution in [2.75, 3.05) is 18.4 Å². The molecule has 23 heavy (non-hydrogen) atoms. The van der Waals surface area contributed by atoms with Crippen molar-refractivity contribution in [3.8, 4) is 0 Å². The molecule has 0 aromatic heterocycles. The summed E-state index contributed by atoms with van der Waals surface area (Å²) in [6.07, 6.45) is 0. The maximum atomic E-state index is 14.3. The minimum Gasteiger partial charge on any atom is -0.313 e. The largest absolute Gasteiger partial charge is 0.313 e. The van der Waals surface area contributed by atoms with Gasteiger partial charge in [0.05, 0.1) is 16.3 Å². The lowest BCUT2D eigenvalue weighted by atomic mass is 9.99. The highest BCUT2D eigenvalue weighted by Gasteiger charge is 2.25. The molecule has 0 atom stereocenters. The maximum Gasteiger partial charge on any atom is 0.270 e. The van der Waals surface area contributed by atoms with Gasteiger partial charge in [0.2, 0.25) is 5.91 Å². The molecule has 0 bridgehead atoms. The van der Waals surface area contributed by atoms with Crippen LogP contribution in [0.3, 0.4) is 0 Å². The van der Waals surface area contributed by atoms with E-state index in [1.54, 1.807) is 6.07 Å². The number of hydrogen-bond acceptors (Lipinski definition) is 4. The molecular weight excluding hydrogens is 301 g/mol. The molecule has 0 saturated heterocycles. The van der Waals surface area contributed by atoms with Gasteiger partial charge in [0.1, 0.15) is 12.4 Å². The Kier molecular flexibility index (Phi) is 2.79. The number of amides is 1. The van der Waals surface area contributed by atoms with E-state index >= 15 is 0 Å². The van der Waals surface area contributed by atoms with Crippen LogP contribution in [0.25, 0.3) is 0 Å². The number of carbonyl (C=O) groups is 1. The van der Waals surface area contributed by atoms with E-state index < -0.39 is 30.2 Å². The van der Waals surface area contributed by atoms with Crippen molar-refractivity contribution in [2.45, 2.75) is 0 Å². The summed E-state index contributed by atoms with van der Waals surface area (Å²) in [5, 5.41) is 11.1. The first kappa shape index (κ1) is 11.5. The van der Waals surface area contributed by atoms with E-state index in [1.165, 1.54) is 24.3 Å². The summed E-state index contributed by atoms with van der Waals surface area (Å²) in [6.45, 7) is -3.34. The lowest BCUT2D eigenvalue weighted by Crippen LogP contribution is -2.27. The number of aliphatic imine (C=N–C) groups is 1. The number of nitro groups is 1. The van der Waals surface area contributed by atoms with Crippen molar-refractivity contribution >= 4 is 23.0 Å². The molecule has 1 amide bonds. The second-order valence-electron chi connectivity index (χ2n) is 4.83. The summed E-state index contributed by atoms with van der Waals surface area (Å²) < 4.78 is 37.1. The average Bonchev–Trinajstić information content (AvgIpc) is 2.70. The molecule has 0 spiro atoms. The van der Waals surface area contributed by atoms with Crippen LogP contribution in [0.2, 0.25) is 0 Å². The van der Waals surface area contributed by atoms with Gasteiger partial charge < -0.3 is 4.90 Å². The van der Waals surface area contributed by atoms with E-state index in [2.05, 4.69) is 4.99 Å². The third-order valence-electron chi connectivity index (χ3n) is 3.44. The molecule has 3 rings (SSSR count). The highest BCUT2D eigenvalue weighted by atomic mass is 19.1. The number of likely N-dealkylation sites (N-methyl/N-ethyl adjacent to an activating group) is 1. The van der Waals surface area contributed by atoms with E-state index in [0.717, 1.165) is 12.1 Å². The van der Waals surface area contributed by atoms with Gasteiger partial charge >= 0.3 is 0 Å². The van der Waals surface area contributed by atoms with Crippen LogP contribution in [0, 0.1) is 15.9 Å². The van der Waals surface area contributed by atoms with Crippen LogP contribution in [0.15, 0.2) is 47.5 Å². The van der Waals surface area contributed by atoms with Crippen LogP contribution in [0.4, 0.5) is 15.8 Å². The maximum absolute atomic E-state index is 14.3. The van der Waals surface area contributed by atoms with Crippen molar-refractivity contribution in [1.29, 1.82) is 0 Å². The third-order valence-corrected chi connectivity index (χ3v) is 3.44. The third kappa shape index (κ3) is 2.57. The number of fused-ring (bicyclic) bond motifs is 1. The first-order valence-corrected chi connectivity index (χ1v) is 6.61. The molecule has 1 heterocycles. The number of non-ortho nitro benzene ring substituents is 1. The van der Waals surface area contributed by atoms with Gasteiger partial charge in [-0.3, -0.25) is 19.9 Å². The van der Waals surface area contributed by atoms with Gasteiger partial charge in [-0.15, -0.1) is 0 Å². The topological polar surface area (TPSA) is 75.8 Å². The standard InChI is InChI=1S/C16H12FN3O3/c1-19-14-7-6-10(20(22)23)8-12(14)16(18-9-15(19)21)11-4-2-3-5-13(11)17/h2-8H,9H2,1H3/i1T3. The van der Waals surface area contributed by atoms with Gasteiger partial charge in [0.25, 0.3) is 5.69 Å². The van der Waals surface area contributed by atoms with Gasteiger partial charge in [-0.05, 0) is 18.2 Å². The molecule has 1 aliphatic rings. The lowest BCUT2D eigenvalue weighted by molar-refractivity contribution is -0.384. The number of anilines is 1. The fourth-order valence-corrected chi connectivity index (χ4v) is 2.34. The first-order valence-electron chi connectivity index (χ1n) is 8.11. The molecule has 116 valence electrons. The molecule has 6 nitrogen and oxygen atoms in total. The Bertz CT molecular complexity index is 944. The Hall–Kier alpha value is -3.09. The fourth-order valence-electron chi connectivity index (χ4n) is 2.34. The smallest absolute Gasteiger partial charge is 0.270 e. The van der Waals surface area contributed by atoms with Crippen molar-refractivity contribution in [1.82, 2.24) is 0 Å². The Balaban J connectivity index is 2.31. The second-order valence-corrected chi connectivity index (χ2v) is 4.83. The number of carbonyl (C=O) groups excluding carboxylic acids is 1. The zero-order valence-electron chi connectivity index (χ0n) is 14.7. The molecule has 1 aliphatic heterocycles.